The number of carbonyl (C=O) groups is 1. The Bertz CT molecular complexity index is 538. The van der Waals surface area contributed by atoms with Crippen molar-refractivity contribution in [3.8, 4) is 5.75 Å². The monoisotopic (exact) mass is 419 g/mol. The lowest BCUT2D eigenvalue weighted by Gasteiger charge is -2.27. The van der Waals surface area contributed by atoms with Gasteiger partial charge in [0.2, 0.25) is 5.91 Å². The summed E-state index contributed by atoms with van der Waals surface area (Å²) in [6.07, 6.45) is 2.98. The van der Waals surface area contributed by atoms with Crippen LogP contribution in [0.2, 0.25) is 0 Å². The molecule has 5 nitrogen and oxygen atoms in total. The van der Waals surface area contributed by atoms with E-state index in [1.807, 2.05) is 38.4 Å². The molecule has 0 radical (unpaired) electrons. The predicted molar refractivity (Wildman–Crippen MR) is 116 cm³/mol. The maximum Gasteiger partial charge on any atom is 0.220 e. The molecule has 1 unspecified atom stereocenters. The van der Waals surface area contributed by atoms with Crippen LogP contribution in [0.5, 0.6) is 5.75 Å². The van der Waals surface area contributed by atoms with Gasteiger partial charge in [-0.3, -0.25) is 4.79 Å². The molecule has 0 spiro atoms. The molecule has 7 heteroatoms. The molecule has 27 heavy (non-hydrogen) atoms. The van der Waals surface area contributed by atoms with Gasteiger partial charge in [0.15, 0.2) is 0 Å². The van der Waals surface area contributed by atoms with Crippen LogP contribution >= 0.6 is 24.8 Å². The molecule has 1 aromatic rings. The van der Waals surface area contributed by atoms with E-state index in [1.165, 1.54) is 12.8 Å². The number of hydrogen-bond donors (Lipinski definition) is 2. The second-order valence-electron chi connectivity index (χ2n) is 7.34. The van der Waals surface area contributed by atoms with Crippen LogP contribution in [-0.4, -0.2) is 51.1 Å². The third-order valence-electron chi connectivity index (χ3n) is 4.89. The van der Waals surface area contributed by atoms with Crippen LogP contribution in [0.4, 0.5) is 0 Å². The molecule has 1 amide bonds. The van der Waals surface area contributed by atoms with E-state index in [4.69, 9.17) is 4.74 Å². The number of carbonyl (C=O) groups excluding carboxylic acids is 1. The molecular formula is C20H35Cl2N3O2. The van der Waals surface area contributed by atoms with Crippen molar-refractivity contribution in [1.82, 2.24) is 15.5 Å². The zero-order valence-corrected chi connectivity index (χ0v) is 18.3. The topological polar surface area (TPSA) is 53.6 Å². The Labute approximate surface area is 176 Å². The highest BCUT2D eigenvalue weighted by molar-refractivity contribution is 5.85. The first kappa shape index (κ1) is 26.0. The number of ether oxygens (including phenoxy) is 1. The molecule has 1 fully saturated rings. The Morgan fingerprint density at radius 1 is 1.30 bits per heavy atom. The Kier molecular flexibility index (Phi) is 13.5. The largest absolute Gasteiger partial charge is 0.492 e. The van der Waals surface area contributed by atoms with Gasteiger partial charge in [0, 0.05) is 19.5 Å². The summed E-state index contributed by atoms with van der Waals surface area (Å²) in [5, 5.41) is 6.43. The highest BCUT2D eigenvalue weighted by Crippen LogP contribution is 2.24. The quantitative estimate of drug-likeness (QED) is 0.645. The molecule has 1 aliphatic heterocycles. The van der Waals surface area contributed by atoms with Crippen LogP contribution in [-0.2, 0) is 11.3 Å². The van der Waals surface area contributed by atoms with Gasteiger partial charge >= 0.3 is 0 Å². The fourth-order valence-corrected chi connectivity index (χ4v) is 3.24. The van der Waals surface area contributed by atoms with E-state index in [0.29, 0.717) is 31.4 Å². The number of nitrogens with zero attached hydrogens (tertiary/aromatic N) is 1. The van der Waals surface area contributed by atoms with Crippen molar-refractivity contribution in [2.75, 3.05) is 40.3 Å². The van der Waals surface area contributed by atoms with E-state index in [2.05, 4.69) is 22.5 Å². The third kappa shape index (κ3) is 10.2. The van der Waals surface area contributed by atoms with Gasteiger partial charge < -0.3 is 20.3 Å². The molecule has 1 saturated heterocycles. The lowest BCUT2D eigenvalue weighted by molar-refractivity contribution is -0.122. The molecule has 1 heterocycles. The summed E-state index contributed by atoms with van der Waals surface area (Å²) in [4.78, 5) is 14.3. The minimum atomic E-state index is 0. The molecule has 2 rings (SSSR count). The number of likely N-dealkylation sites (N-methyl/N-ethyl adjacent to an activating group) is 1. The molecule has 1 aromatic carbocycles. The number of benzene rings is 1. The van der Waals surface area contributed by atoms with Crippen LogP contribution in [0, 0.1) is 11.8 Å². The van der Waals surface area contributed by atoms with Crippen molar-refractivity contribution in [2.24, 2.45) is 11.8 Å². The SMILES string of the molecule is CC(CC(=O)NCc1cccc(OCCN(C)C)c1)C1CCNCC1.Cl.Cl. The minimum Gasteiger partial charge on any atom is -0.492 e. The standard InChI is InChI=1S/C20H33N3O2.2ClH/c1-16(18-7-9-21-10-8-18)13-20(24)22-15-17-5-4-6-19(14-17)25-12-11-23(2)3;;/h4-6,14,16,18,21H,7-13,15H2,1-3H3,(H,22,24);2*1H. The van der Waals surface area contributed by atoms with E-state index in [1.54, 1.807) is 0 Å². The lowest BCUT2D eigenvalue weighted by Crippen LogP contribution is -2.33. The Morgan fingerprint density at radius 3 is 2.67 bits per heavy atom. The number of rotatable bonds is 9. The van der Waals surface area contributed by atoms with Crippen molar-refractivity contribution in [3.05, 3.63) is 29.8 Å². The first-order valence-electron chi connectivity index (χ1n) is 9.38. The minimum absolute atomic E-state index is 0. The normalized spacial score (nSPS) is 15.4. The molecule has 0 saturated carbocycles. The molecule has 0 bridgehead atoms. The Balaban J connectivity index is 0.00000338. The number of piperidine rings is 1. The van der Waals surface area contributed by atoms with E-state index < -0.39 is 0 Å². The highest BCUT2D eigenvalue weighted by atomic mass is 35.5. The van der Waals surface area contributed by atoms with Gasteiger partial charge in [0.25, 0.3) is 0 Å². The van der Waals surface area contributed by atoms with Crippen molar-refractivity contribution in [2.45, 2.75) is 32.7 Å². The number of amides is 1. The molecular weight excluding hydrogens is 385 g/mol. The molecule has 0 aliphatic carbocycles. The Hall–Kier alpha value is -1.01. The fraction of sp³-hybridized carbons (Fsp3) is 0.650. The molecule has 2 N–H and O–H groups in total. The van der Waals surface area contributed by atoms with Gasteiger partial charge in [-0.25, -0.2) is 0 Å². The first-order valence-corrected chi connectivity index (χ1v) is 9.38. The van der Waals surface area contributed by atoms with Crippen LogP contribution in [0.25, 0.3) is 0 Å². The number of nitrogens with one attached hydrogen (secondary N) is 2. The third-order valence-corrected chi connectivity index (χ3v) is 4.89. The van der Waals surface area contributed by atoms with Gasteiger partial charge in [-0.1, -0.05) is 19.1 Å². The summed E-state index contributed by atoms with van der Waals surface area (Å²) in [5.41, 5.74) is 1.07. The maximum atomic E-state index is 12.2. The summed E-state index contributed by atoms with van der Waals surface area (Å²) in [7, 11) is 4.06. The van der Waals surface area contributed by atoms with E-state index >= 15 is 0 Å². The smallest absolute Gasteiger partial charge is 0.220 e. The summed E-state index contributed by atoms with van der Waals surface area (Å²) in [5.74, 6) is 2.12. The fourth-order valence-electron chi connectivity index (χ4n) is 3.24. The van der Waals surface area contributed by atoms with Crippen LogP contribution < -0.4 is 15.4 Å². The van der Waals surface area contributed by atoms with Crippen molar-refractivity contribution >= 4 is 30.7 Å². The average molecular weight is 420 g/mol. The molecule has 1 aliphatic rings. The van der Waals surface area contributed by atoms with Gasteiger partial charge in [0.1, 0.15) is 12.4 Å². The summed E-state index contributed by atoms with van der Waals surface area (Å²) < 4.78 is 5.75. The van der Waals surface area contributed by atoms with Crippen LogP contribution in [0.1, 0.15) is 31.7 Å². The maximum absolute atomic E-state index is 12.2. The summed E-state index contributed by atoms with van der Waals surface area (Å²) in [6.45, 7) is 6.47. The van der Waals surface area contributed by atoms with Crippen LogP contribution in [0.15, 0.2) is 24.3 Å². The van der Waals surface area contributed by atoms with Crippen molar-refractivity contribution < 1.29 is 9.53 Å². The average Bonchev–Trinajstić information content (AvgIpc) is 2.61. The number of hydrogen-bond acceptors (Lipinski definition) is 4. The van der Waals surface area contributed by atoms with E-state index in [-0.39, 0.29) is 30.7 Å². The number of halogens is 2. The van der Waals surface area contributed by atoms with E-state index in [9.17, 15) is 4.79 Å². The summed E-state index contributed by atoms with van der Waals surface area (Å²) >= 11 is 0. The van der Waals surface area contributed by atoms with Gasteiger partial charge in [-0.05, 0) is 69.6 Å². The summed E-state index contributed by atoms with van der Waals surface area (Å²) in [6, 6.07) is 7.96. The lowest BCUT2D eigenvalue weighted by atomic mass is 9.84. The molecule has 0 aromatic heterocycles. The second-order valence-corrected chi connectivity index (χ2v) is 7.34. The molecule has 1 atom stereocenters. The molecule has 156 valence electrons. The zero-order valence-electron chi connectivity index (χ0n) is 16.7. The van der Waals surface area contributed by atoms with E-state index in [0.717, 1.165) is 30.9 Å². The highest BCUT2D eigenvalue weighted by Gasteiger charge is 2.21. The van der Waals surface area contributed by atoms with Gasteiger partial charge in [-0.2, -0.15) is 0 Å². The van der Waals surface area contributed by atoms with Crippen molar-refractivity contribution in [3.63, 3.8) is 0 Å². The van der Waals surface area contributed by atoms with Gasteiger partial charge in [-0.15, -0.1) is 24.8 Å². The van der Waals surface area contributed by atoms with Gasteiger partial charge in [0.05, 0.1) is 0 Å². The second kappa shape index (κ2) is 14.1. The first-order chi connectivity index (χ1) is 12.0. The van der Waals surface area contributed by atoms with Crippen molar-refractivity contribution in [1.29, 1.82) is 0 Å². The zero-order chi connectivity index (χ0) is 18.1. The predicted octanol–water partition coefficient (Wildman–Crippen LogP) is 3.11. The Morgan fingerprint density at radius 2 is 2.00 bits per heavy atom. The van der Waals surface area contributed by atoms with Crippen LogP contribution in [0.3, 0.4) is 0 Å².